The highest BCUT2D eigenvalue weighted by molar-refractivity contribution is 7.18. The predicted octanol–water partition coefficient (Wildman–Crippen LogP) is 4.71. The summed E-state index contributed by atoms with van der Waals surface area (Å²) in [5.41, 5.74) is 1.03. The third-order valence-corrected chi connectivity index (χ3v) is 4.05. The fourth-order valence-electron chi connectivity index (χ4n) is 1.66. The lowest BCUT2D eigenvalue weighted by Crippen LogP contribution is -2.18. The maximum Gasteiger partial charge on any atom is 0.346 e. The molecule has 2 amide bonds. The van der Waals surface area contributed by atoms with Crippen LogP contribution in [0.25, 0.3) is 0 Å². The molecule has 2 aromatic rings. The Morgan fingerprint density at radius 1 is 1.10 bits per heavy atom. The smallest absolute Gasteiger partial charge is 0.346 e. The van der Waals surface area contributed by atoms with Crippen molar-refractivity contribution in [1.82, 2.24) is 0 Å². The maximum absolute atomic E-state index is 11.8. The van der Waals surface area contributed by atoms with Crippen LogP contribution < -0.4 is 10.6 Å². The second kappa shape index (κ2) is 6.34. The van der Waals surface area contributed by atoms with Gasteiger partial charge in [0.15, 0.2) is 0 Å². The Labute approximate surface area is 134 Å². The van der Waals surface area contributed by atoms with Crippen LogP contribution in [0.4, 0.5) is 15.5 Å². The lowest BCUT2D eigenvalue weighted by Gasteiger charge is -2.06. The molecule has 0 aliphatic heterocycles. The first kappa shape index (κ1) is 15.6. The van der Waals surface area contributed by atoms with Gasteiger partial charge >= 0.3 is 12.0 Å². The highest BCUT2D eigenvalue weighted by Gasteiger charge is 2.13. The van der Waals surface area contributed by atoms with Gasteiger partial charge in [-0.15, -0.1) is 11.3 Å². The summed E-state index contributed by atoms with van der Waals surface area (Å²) in [7, 11) is 0. The minimum Gasteiger partial charge on any atom is -0.477 e. The monoisotopic (exact) mass is 344 g/mol. The van der Waals surface area contributed by atoms with E-state index in [9.17, 15) is 9.59 Å². The van der Waals surface area contributed by atoms with E-state index in [0.717, 1.165) is 11.3 Å². The number of aryl methyl sites for hydroxylation is 1. The van der Waals surface area contributed by atoms with E-state index in [1.54, 1.807) is 31.2 Å². The van der Waals surface area contributed by atoms with Gasteiger partial charge in [-0.1, -0.05) is 23.2 Å². The predicted molar refractivity (Wildman–Crippen MR) is 85.1 cm³/mol. The number of urea groups is 1. The van der Waals surface area contributed by atoms with Gasteiger partial charge in [-0.25, -0.2) is 9.59 Å². The molecule has 5 nitrogen and oxygen atoms in total. The third kappa shape index (κ3) is 4.10. The van der Waals surface area contributed by atoms with Gasteiger partial charge < -0.3 is 10.4 Å². The van der Waals surface area contributed by atoms with Crippen molar-refractivity contribution in [3.8, 4) is 0 Å². The average molecular weight is 345 g/mol. The Morgan fingerprint density at radius 2 is 1.71 bits per heavy atom. The molecule has 0 spiro atoms. The van der Waals surface area contributed by atoms with Crippen molar-refractivity contribution in [3.63, 3.8) is 0 Å². The van der Waals surface area contributed by atoms with Crippen LogP contribution in [0.5, 0.6) is 0 Å². The molecule has 0 aliphatic rings. The van der Waals surface area contributed by atoms with Gasteiger partial charge in [0, 0.05) is 15.7 Å². The van der Waals surface area contributed by atoms with Gasteiger partial charge in [-0.3, -0.25) is 5.32 Å². The fraction of sp³-hybridized carbons (Fsp3) is 0.0769. The number of anilines is 2. The van der Waals surface area contributed by atoms with E-state index >= 15 is 0 Å². The molecule has 0 aliphatic carbocycles. The molecule has 0 atom stereocenters. The molecule has 3 N–H and O–H groups in total. The van der Waals surface area contributed by atoms with Crippen molar-refractivity contribution < 1.29 is 14.7 Å². The normalized spacial score (nSPS) is 10.2. The van der Waals surface area contributed by atoms with Crippen molar-refractivity contribution >= 4 is 57.2 Å². The number of amides is 2. The molecule has 0 radical (unpaired) electrons. The Hall–Kier alpha value is -1.76. The lowest BCUT2D eigenvalue weighted by atomic mass is 10.3. The number of halogens is 2. The summed E-state index contributed by atoms with van der Waals surface area (Å²) >= 11 is 12.7. The summed E-state index contributed by atoms with van der Waals surface area (Å²) in [5, 5.41) is 15.3. The number of aromatic carboxylic acids is 1. The van der Waals surface area contributed by atoms with Crippen molar-refractivity contribution in [2.75, 3.05) is 10.6 Å². The van der Waals surface area contributed by atoms with E-state index in [1.165, 1.54) is 0 Å². The Bertz CT molecular complexity index is 695. The van der Waals surface area contributed by atoms with Gasteiger partial charge in [0.05, 0.1) is 5.00 Å². The van der Waals surface area contributed by atoms with Crippen molar-refractivity contribution in [2.24, 2.45) is 0 Å². The van der Waals surface area contributed by atoms with Crippen LogP contribution >= 0.6 is 34.5 Å². The first-order valence-electron chi connectivity index (χ1n) is 5.73. The van der Waals surface area contributed by atoms with Gasteiger partial charge in [0.2, 0.25) is 0 Å². The molecule has 0 unspecified atom stereocenters. The SMILES string of the molecule is Cc1cc(NC(=O)Nc2cc(Cl)cc(Cl)c2)sc1C(=O)O. The van der Waals surface area contributed by atoms with Crippen LogP contribution in [-0.2, 0) is 0 Å². The minimum atomic E-state index is -1.02. The highest BCUT2D eigenvalue weighted by Crippen LogP contribution is 2.27. The molecule has 0 fully saturated rings. The van der Waals surface area contributed by atoms with E-state index in [0.29, 0.717) is 26.3 Å². The zero-order chi connectivity index (χ0) is 15.6. The molecule has 110 valence electrons. The molecule has 21 heavy (non-hydrogen) atoms. The van der Waals surface area contributed by atoms with Crippen molar-refractivity contribution in [2.45, 2.75) is 6.92 Å². The second-order valence-corrected chi connectivity index (χ2v) is 6.09. The molecule has 2 rings (SSSR count). The maximum atomic E-state index is 11.8. The van der Waals surface area contributed by atoms with E-state index in [2.05, 4.69) is 10.6 Å². The van der Waals surface area contributed by atoms with Crippen LogP contribution in [0.15, 0.2) is 24.3 Å². The number of thiophene rings is 1. The third-order valence-electron chi connectivity index (χ3n) is 2.47. The molecular formula is C13H10Cl2N2O3S. The number of carboxylic acids is 1. The zero-order valence-corrected chi connectivity index (χ0v) is 13.1. The number of carboxylic acid groups (broad SMARTS) is 1. The second-order valence-electron chi connectivity index (χ2n) is 4.17. The molecule has 1 aromatic heterocycles. The van der Waals surface area contributed by atoms with Crippen molar-refractivity contribution in [1.29, 1.82) is 0 Å². The highest BCUT2D eigenvalue weighted by atomic mass is 35.5. The number of rotatable bonds is 3. The summed E-state index contributed by atoms with van der Waals surface area (Å²) < 4.78 is 0. The summed E-state index contributed by atoms with van der Waals surface area (Å²) in [5.74, 6) is -1.02. The van der Waals surface area contributed by atoms with Gasteiger partial charge in [-0.2, -0.15) is 0 Å². The Balaban J connectivity index is 2.08. The van der Waals surface area contributed by atoms with Crippen LogP contribution in [-0.4, -0.2) is 17.1 Å². The number of carbonyl (C=O) groups is 2. The largest absolute Gasteiger partial charge is 0.477 e. The molecule has 0 bridgehead atoms. The van der Waals surface area contributed by atoms with E-state index in [1.807, 2.05) is 0 Å². The van der Waals surface area contributed by atoms with Crippen LogP contribution in [0.3, 0.4) is 0 Å². The van der Waals surface area contributed by atoms with E-state index in [-0.39, 0.29) is 4.88 Å². The summed E-state index contributed by atoms with van der Waals surface area (Å²) in [6.45, 7) is 1.67. The number of nitrogens with one attached hydrogen (secondary N) is 2. The Morgan fingerprint density at radius 3 is 2.24 bits per heavy atom. The topological polar surface area (TPSA) is 78.4 Å². The van der Waals surface area contributed by atoms with Gasteiger partial charge in [-0.05, 0) is 36.8 Å². The van der Waals surface area contributed by atoms with Crippen molar-refractivity contribution in [3.05, 3.63) is 44.8 Å². The zero-order valence-electron chi connectivity index (χ0n) is 10.7. The number of benzene rings is 1. The van der Waals surface area contributed by atoms with Gasteiger partial charge in [0.1, 0.15) is 4.88 Å². The summed E-state index contributed by atoms with van der Waals surface area (Å²) in [6, 6.07) is 5.74. The molecular weight excluding hydrogens is 335 g/mol. The number of hydrogen-bond acceptors (Lipinski definition) is 3. The summed E-state index contributed by atoms with van der Waals surface area (Å²) in [4.78, 5) is 23.0. The molecule has 0 saturated heterocycles. The Kier molecular flexibility index (Phi) is 4.72. The standard InChI is InChI=1S/C13H10Cl2N2O3S/c1-6-2-10(21-11(6)12(18)19)17-13(20)16-9-4-7(14)3-8(15)5-9/h2-5H,1H3,(H,18,19)(H2,16,17,20). The first-order chi connectivity index (χ1) is 9.85. The van der Waals surface area contributed by atoms with Crippen LogP contribution in [0.1, 0.15) is 15.2 Å². The minimum absolute atomic E-state index is 0.191. The average Bonchev–Trinajstić information content (AvgIpc) is 2.68. The van der Waals surface area contributed by atoms with Crippen LogP contribution in [0, 0.1) is 6.92 Å². The molecule has 8 heteroatoms. The molecule has 1 heterocycles. The summed E-state index contributed by atoms with van der Waals surface area (Å²) in [6.07, 6.45) is 0. The van der Waals surface area contributed by atoms with E-state index in [4.69, 9.17) is 28.3 Å². The lowest BCUT2D eigenvalue weighted by molar-refractivity contribution is 0.0701. The number of carbonyl (C=O) groups excluding carboxylic acids is 1. The van der Waals surface area contributed by atoms with Gasteiger partial charge in [0.25, 0.3) is 0 Å². The number of hydrogen-bond donors (Lipinski definition) is 3. The fourth-order valence-corrected chi connectivity index (χ4v) is 3.09. The first-order valence-corrected chi connectivity index (χ1v) is 7.30. The van der Waals surface area contributed by atoms with Crippen LogP contribution in [0.2, 0.25) is 10.0 Å². The molecule has 1 aromatic carbocycles. The molecule has 0 saturated carbocycles. The quantitative estimate of drug-likeness (QED) is 0.754. The van der Waals surface area contributed by atoms with E-state index < -0.39 is 12.0 Å².